The highest BCUT2D eigenvalue weighted by Crippen LogP contribution is 2.26. The van der Waals surface area contributed by atoms with E-state index in [0.29, 0.717) is 17.1 Å². The van der Waals surface area contributed by atoms with Gasteiger partial charge in [0.15, 0.2) is 0 Å². The number of hydrogen-bond acceptors (Lipinski definition) is 6. The number of nitrogens with one attached hydrogen (secondary N) is 1. The van der Waals surface area contributed by atoms with Gasteiger partial charge in [-0.3, -0.25) is 10.2 Å². The first-order valence-corrected chi connectivity index (χ1v) is 6.81. The Morgan fingerprint density at radius 2 is 1.95 bits per heavy atom. The SMILES string of the molecule is Cc1ccccc1OC(C)c1nc(N)nc(C)c1C(=O)NN. The second kappa shape index (κ2) is 6.40. The summed E-state index contributed by atoms with van der Waals surface area (Å²) in [5.41, 5.74) is 9.90. The monoisotopic (exact) mass is 301 g/mol. The second-order valence-electron chi connectivity index (χ2n) is 4.93. The number of nitrogen functional groups attached to an aromatic ring is 2. The van der Waals surface area contributed by atoms with Crippen LogP contribution in [0.3, 0.4) is 0 Å². The van der Waals surface area contributed by atoms with Crippen molar-refractivity contribution in [2.45, 2.75) is 26.9 Å². The molecule has 1 aromatic carbocycles. The summed E-state index contributed by atoms with van der Waals surface area (Å²) in [5.74, 6) is 5.55. The molecule has 0 aliphatic rings. The topological polar surface area (TPSA) is 116 Å². The van der Waals surface area contributed by atoms with Crippen molar-refractivity contribution >= 4 is 11.9 Å². The first-order chi connectivity index (χ1) is 10.4. The van der Waals surface area contributed by atoms with Crippen LogP contribution in [0, 0.1) is 13.8 Å². The zero-order valence-electron chi connectivity index (χ0n) is 12.8. The third kappa shape index (κ3) is 3.15. The minimum Gasteiger partial charge on any atom is -0.484 e. The number of nitrogens with zero attached hydrogens (tertiary/aromatic N) is 2. The van der Waals surface area contributed by atoms with Crippen LogP contribution in [0.1, 0.15) is 40.3 Å². The molecule has 0 aliphatic heterocycles. The van der Waals surface area contributed by atoms with Crippen molar-refractivity contribution in [3.05, 3.63) is 46.8 Å². The molecule has 5 N–H and O–H groups in total. The number of amides is 1. The number of benzene rings is 1. The molecule has 1 heterocycles. The van der Waals surface area contributed by atoms with E-state index in [4.69, 9.17) is 16.3 Å². The standard InChI is InChI=1S/C15H19N5O2/c1-8-6-4-5-7-11(8)22-10(3)13-12(14(21)20-17)9(2)18-15(16)19-13/h4-7,10H,17H2,1-3H3,(H,20,21)(H2,16,18,19). The molecule has 0 radical (unpaired) electrons. The first-order valence-electron chi connectivity index (χ1n) is 6.81. The van der Waals surface area contributed by atoms with Crippen molar-refractivity contribution in [3.8, 4) is 5.75 Å². The Morgan fingerprint density at radius 3 is 2.59 bits per heavy atom. The Morgan fingerprint density at radius 1 is 1.27 bits per heavy atom. The lowest BCUT2D eigenvalue weighted by atomic mass is 10.1. The molecule has 116 valence electrons. The van der Waals surface area contributed by atoms with Gasteiger partial charge in [0.2, 0.25) is 5.95 Å². The van der Waals surface area contributed by atoms with Crippen molar-refractivity contribution in [2.24, 2.45) is 5.84 Å². The predicted octanol–water partition coefficient (Wildman–Crippen LogP) is 1.42. The predicted molar refractivity (Wildman–Crippen MR) is 83.1 cm³/mol. The molecule has 0 saturated heterocycles. The van der Waals surface area contributed by atoms with E-state index in [1.165, 1.54) is 0 Å². The van der Waals surface area contributed by atoms with Gasteiger partial charge in [-0.2, -0.15) is 0 Å². The van der Waals surface area contributed by atoms with Crippen molar-refractivity contribution in [3.63, 3.8) is 0 Å². The molecule has 1 aromatic heterocycles. The number of rotatable bonds is 4. The molecule has 0 saturated carbocycles. The number of aryl methyl sites for hydroxylation is 2. The number of hydrogen-bond donors (Lipinski definition) is 3. The maximum absolute atomic E-state index is 12.0. The van der Waals surface area contributed by atoms with E-state index in [-0.39, 0.29) is 11.5 Å². The number of ether oxygens (including phenoxy) is 1. The molecular weight excluding hydrogens is 282 g/mol. The van der Waals surface area contributed by atoms with Gasteiger partial charge in [0, 0.05) is 0 Å². The highest BCUT2D eigenvalue weighted by Gasteiger charge is 2.23. The first kappa shape index (κ1) is 15.7. The maximum Gasteiger partial charge on any atom is 0.269 e. The van der Waals surface area contributed by atoms with E-state index in [0.717, 1.165) is 5.56 Å². The highest BCUT2D eigenvalue weighted by atomic mass is 16.5. The minimum absolute atomic E-state index is 0.0845. The minimum atomic E-state index is -0.489. The zero-order valence-corrected chi connectivity index (χ0v) is 12.8. The number of para-hydroxylation sites is 1. The van der Waals surface area contributed by atoms with Crippen LogP contribution in [0.15, 0.2) is 24.3 Å². The van der Waals surface area contributed by atoms with E-state index in [1.54, 1.807) is 13.8 Å². The number of nitrogens with two attached hydrogens (primary N) is 2. The molecule has 1 unspecified atom stereocenters. The molecule has 2 aromatic rings. The number of carbonyl (C=O) groups is 1. The smallest absolute Gasteiger partial charge is 0.269 e. The molecular formula is C15H19N5O2. The van der Waals surface area contributed by atoms with Crippen molar-refractivity contribution in [2.75, 3.05) is 5.73 Å². The Bertz CT molecular complexity index is 702. The summed E-state index contributed by atoms with van der Waals surface area (Å²) in [6.07, 6.45) is -0.489. The molecule has 0 bridgehead atoms. The summed E-state index contributed by atoms with van der Waals surface area (Å²) in [5, 5.41) is 0. The van der Waals surface area contributed by atoms with Gasteiger partial charge in [0.05, 0.1) is 17.0 Å². The molecule has 1 amide bonds. The molecule has 22 heavy (non-hydrogen) atoms. The third-order valence-electron chi connectivity index (χ3n) is 3.28. The van der Waals surface area contributed by atoms with E-state index >= 15 is 0 Å². The summed E-state index contributed by atoms with van der Waals surface area (Å²) in [6.45, 7) is 5.41. The molecule has 0 fully saturated rings. The van der Waals surface area contributed by atoms with Crippen LogP contribution in [0.4, 0.5) is 5.95 Å². The van der Waals surface area contributed by atoms with E-state index in [2.05, 4.69) is 15.4 Å². The Balaban J connectivity index is 2.42. The van der Waals surface area contributed by atoms with Crippen LogP contribution in [0.2, 0.25) is 0 Å². The second-order valence-corrected chi connectivity index (χ2v) is 4.93. The maximum atomic E-state index is 12.0. The van der Waals surface area contributed by atoms with Gasteiger partial charge in [0.25, 0.3) is 5.91 Å². The molecule has 7 heteroatoms. The normalized spacial score (nSPS) is 11.8. The summed E-state index contributed by atoms with van der Waals surface area (Å²) in [7, 11) is 0. The third-order valence-corrected chi connectivity index (χ3v) is 3.28. The van der Waals surface area contributed by atoms with Crippen LogP contribution in [-0.2, 0) is 0 Å². The quantitative estimate of drug-likeness (QED) is 0.447. The molecule has 0 spiro atoms. The molecule has 2 rings (SSSR count). The van der Waals surface area contributed by atoms with Gasteiger partial charge in [0.1, 0.15) is 11.9 Å². The summed E-state index contributed by atoms with van der Waals surface area (Å²) >= 11 is 0. The van der Waals surface area contributed by atoms with Crippen LogP contribution >= 0.6 is 0 Å². The van der Waals surface area contributed by atoms with Crippen LogP contribution in [0.25, 0.3) is 0 Å². The number of aromatic nitrogens is 2. The van der Waals surface area contributed by atoms with E-state index in [9.17, 15) is 4.79 Å². The Hall–Kier alpha value is -2.67. The van der Waals surface area contributed by atoms with Crippen molar-refractivity contribution in [1.82, 2.24) is 15.4 Å². The van der Waals surface area contributed by atoms with Gasteiger partial charge < -0.3 is 10.5 Å². The fraction of sp³-hybridized carbons (Fsp3) is 0.267. The Labute approximate surface area is 128 Å². The van der Waals surface area contributed by atoms with Crippen molar-refractivity contribution in [1.29, 1.82) is 0 Å². The average Bonchev–Trinajstić information content (AvgIpc) is 2.48. The molecule has 1 atom stereocenters. The zero-order chi connectivity index (χ0) is 16.3. The van der Waals surface area contributed by atoms with Gasteiger partial charge >= 0.3 is 0 Å². The average molecular weight is 301 g/mol. The highest BCUT2D eigenvalue weighted by molar-refractivity contribution is 5.96. The van der Waals surface area contributed by atoms with Gasteiger partial charge in [-0.25, -0.2) is 15.8 Å². The van der Waals surface area contributed by atoms with Crippen molar-refractivity contribution < 1.29 is 9.53 Å². The van der Waals surface area contributed by atoms with Gasteiger partial charge in [-0.1, -0.05) is 18.2 Å². The number of hydrazine groups is 1. The fourth-order valence-electron chi connectivity index (χ4n) is 2.20. The van der Waals surface area contributed by atoms with E-state index < -0.39 is 12.0 Å². The lowest BCUT2D eigenvalue weighted by Crippen LogP contribution is -2.33. The van der Waals surface area contributed by atoms with Gasteiger partial charge in [-0.15, -0.1) is 0 Å². The van der Waals surface area contributed by atoms with Crippen LogP contribution in [-0.4, -0.2) is 15.9 Å². The fourth-order valence-corrected chi connectivity index (χ4v) is 2.20. The molecule has 0 aliphatic carbocycles. The number of anilines is 1. The lowest BCUT2D eigenvalue weighted by molar-refractivity contribution is 0.0946. The van der Waals surface area contributed by atoms with Crippen LogP contribution in [0.5, 0.6) is 5.75 Å². The molecule has 7 nitrogen and oxygen atoms in total. The lowest BCUT2D eigenvalue weighted by Gasteiger charge is -2.19. The van der Waals surface area contributed by atoms with E-state index in [1.807, 2.05) is 31.2 Å². The summed E-state index contributed by atoms with van der Waals surface area (Å²) in [4.78, 5) is 20.1. The largest absolute Gasteiger partial charge is 0.484 e. The summed E-state index contributed by atoms with van der Waals surface area (Å²) in [6, 6.07) is 7.59. The Kier molecular flexibility index (Phi) is 4.57. The van der Waals surface area contributed by atoms with Crippen LogP contribution < -0.4 is 21.7 Å². The summed E-state index contributed by atoms with van der Waals surface area (Å²) < 4.78 is 5.91. The number of carbonyl (C=O) groups excluding carboxylic acids is 1. The van der Waals surface area contributed by atoms with Gasteiger partial charge in [-0.05, 0) is 32.4 Å².